The van der Waals surface area contributed by atoms with Crippen molar-refractivity contribution < 1.29 is 0 Å². The van der Waals surface area contributed by atoms with Crippen LogP contribution in [0.4, 0.5) is 11.9 Å². The summed E-state index contributed by atoms with van der Waals surface area (Å²) < 4.78 is 1.68. The van der Waals surface area contributed by atoms with Crippen molar-refractivity contribution in [3.8, 4) is 5.95 Å². The summed E-state index contributed by atoms with van der Waals surface area (Å²) in [4.78, 5) is 16.4. The molecule has 0 spiro atoms. The minimum atomic E-state index is 0.167. The number of aromatic nitrogens is 5. The van der Waals surface area contributed by atoms with E-state index in [0.717, 1.165) is 5.56 Å². The molecule has 0 aliphatic rings. The first-order valence-electron chi connectivity index (χ1n) is 6.50. The van der Waals surface area contributed by atoms with Gasteiger partial charge in [0.1, 0.15) is 6.33 Å². The molecule has 106 valence electrons. The minimum absolute atomic E-state index is 0.167. The number of imidazole rings is 1. The molecule has 1 aromatic carbocycles. The molecule has 0 saturated carbocycles. The van der Waals surface area contributed by atoms with Crippen molar-refractivity contribution in [2.45, 2.75) is 13.5 Å². The van der Waals surface area contributed by atoms with Gasteiger partial charge in [0.25, 0.3) is 0 Å². The predicted octanol–water partition coefficient (Wildman–Crippen LogP) is 1.56. The molecule has 0 aliphatic heterocycles. The minimum Gasteiger partial charge on any atom is -0.368 e. The molecule has 2 heterocycles. The number of nitrogens with two attached hydrogens (primary N) is 1. The Morgan fingerprint density at radius 3 is 2.67 bits per heavy atom. The summed E-state index contributed by atoms with van der Waals surface area (Å²) in [6.45, 7) is 2.67. The van der Waals surface area contributed by atoms with Crippen LogP contribution in [0.15, 0.2) is 43.0 Å². The molecule has 0 atom stereocenters. The Hall–Kier alpha value is -2.96. The first-order valence-corrected chi connectivity index (χ1v) is 6.50. The Morgan fingerprint density at radius 1 is 1.14 bits per heavy atom. The third-order valence-corrected chi connectivity index (χ3v) is 2.95. The van der Waals surface area contributed by atoms with Crippen molar-refractivity contribution in [2.75, 3.05) is 11.1 Å². The summed E-state index contributed by atoms with van der Waals surface area (Å²) >= 11 is 0. The van der Waals surface area contributed by atoms with Crippen molar-refractivity contribution in [1.29, 1.82) is 0 Å². The molecule has 7 nitrogen and oxygen atoms in total. The summed E-state index contributed by atoms with van der Waals surface area (Å²) in [7, 11) is 0. The molecule has 3 N–H and O–H groups in total. The fourth-order valence-corrected chi connectivity index (χ4v) is 1.84. The zero-order chi connectivity index (χ0) is 14.7. The van der Waals surface area contributed by atoms with Crippen LogP contribution < -0.4 is 11.1 Å². The summed E-state index contributed by atoms with van der Waals surface area (Å²) in [5.41, 5.74) is 8.09. The molecule has 0 radical (unpaired) electrons. The van der Waals surface area contributed by atoms with Crippen LogP contribution in [0, 0.1) is 6.92 Å². The topological polar surface area (TPSA) is 94.5 Å². The van der Waals surface area contributed by atoms with Crippen LogP contribution in [0.2, 0.25) is 0 Å². The highest BCUT2D eigenvalue weighted by Crippen LogP contribution is 2.09. The van der Waals surface area contributed by atoms with Crippen LogP contribution >= 0.6 is 0 Å². The average molecular weight is 281 g/mol. The van der Waals surface area contributed by atoms with Gasteiger partial charge in [-0.3, -0.25) is 4.57 Å². The first kappa shape index (κ1) is 13.0. The van der Waals surface area contributed by atoms with Gasteiger partial charge in [0.2, 0.25) is 17.8 Å². The van der Waals surface area contributed by atoms with Crippen LogP contribution in [0.25, 0.3) is 5.95 Å². The van der Waals surface area contributed by atoms with Crippen molar-refractivity contribution in [2.24, 2.45) is 0 Å². The second-order valence-electron chi connectivity index (χ2n) is 4.63. The van der Waals surface area contributed by atoms with Gasteiger partial charge in [-0.15, -0.1) is 0 Å². The largest absolute Gasteiger partial charge is 0.368 e. The Morgan fingerprint density at radius 2 is 1.95 bits per heavy atom. The zero-order valence-electron chi connectivity index (χ0n) is 11.6. The molecule has 0 bridgehead atoms. The van der Waals surface area contributed by atoms with E-state index in [-0.39, 0.29) is 5.95 Å². The van der Waals surface area contributed by atoms with Crippen LogP contribution in [0.1, 0.15) is 11.1 Å². The molecule has 0 unspecified atom stereocenters. The van der Waals surface area contributed by atoms with E-state index in [1.54, 1.807) is 23.3 Å². The summed E-state index contributed by atoms with van der Waals surface area (Å²) in [5, 5.41) is 3.15. The highest BCUT2D eigenvalue weighted by Gasteiger charge is 2.05. The second-order valence-corrected chi connectivity index (χ2v) is 4.63. The van der Waals surface area contributed by atoms with E-state index in [2.05, 4.69) is 56.4 Å². The number of anilines is 2. The fraction of sp³-hybridized carbons (Fsp3) is 0.143. The van der Waals surface area contributed by atoms with Crippen molar-refractivity contribution >= 4 is 11.9 Å². The van der Waals surface area contributed by atoms with E-state index in [0.29, 0.717) is 18.4 Å². The van der Waals surface area contributed by atoms with E-state index in [1.165, 1.54) is 5.56 Å². The van der Waals surface area contributed by atoms with Gasteiger partial charge in [0, 0.05) is 18.9 Å². The monoisotopic (exact) mass is 281 g/mol. The number of hydrogen-bond donors (Lipinski definition) is 2. The third-order valence-electron chi connectivity index (χ3n) is 2.95. The average Bonchev–Trinajstić information content (AvgIpc) is 3.00. The van der Waals surface area contributed by atoms with Crippen molar-refractivity contribution in [3.63, 3.8) is 0 Å². The van der Waals surface area contributed by atoms with Gasteiger partial charge in [-0.05, 0) is 12.5 Å². The number of hydrogen-bond acceptors (Lipinski definition) is 6. The molecule has 3 rings (SSSR count). The van der Waals surface area contributed by atoms with Gasteiger partial charge in [0.05, 0.1) is 0 Å². The summed E-state index contributed by atoms with van der Waals surface area (Å²) in [5.74, 6) is 1.04. The van der Waals surface area contributed by atoms with Crippen LogP contribution in [-0.4, -0.2) is 24.5 Å². The van der Waals surface area contributed by atoms with Gasteiger partial charge in [0.15, 0.2) is 0 Å². The molecule has 0 saturated heterocycles. The molecule has 0 aliphatic carbocycles. The Kier molecular flexibility index (Phi) is 3.46. The number of nitrogen functional groups attached to an aromatic ring is 1. The smallest absolute Gasteiger partial charge is 0.241 e. The molecule has 7 heteroatoms. The highest BCUT2D eigenvalue weighted by atomic mass is 15.3. The van der Waals surface area contributed by atoms with Crippen LogP contribution in [-0.2, 0) is 6.54 Å². The number of nitrogens with zero attached hydrogens (tertiary/aromatic N) is 5. The van der Waals surface area contributed by atoms with Crippen molar-refractivity contribution in [1.82, 2.24) is 24.5 Å². The maximum Gasteiger partial charge on any atom is 0.241 e. The molecule has 0 amide bonds. The fourth-order valence-electron chi connectivity index (χ4n) is 1.84. The van der Waals surface area contributed by atoms with Gasteiger partial charge < -0.3 is 11.1 Å². The summed E-state index contributed by atoms with van der Waals surface area (Å²) in [6.07, 6.45) is 5.01. The quantitative estimate of drug-likeness (QED) is 0.753. The highest BCUT2D eigenvalue weighted by molar-refractivity contribution is 5.36. The maximum atomic E-state index is 5.72. The standard InChI is InChI=1S/C14H15N7/c1-10-2-4-11(5-3-10)8-17-13-18-12(15)19-14(20-13)21-7-6-16-9-21/h2-7,9H,8H2,1H3,(H3,15,17,18,19,20). The molecular formula is C14H15N7. The lowest BCUT2D eigenvalue weighted by molar-refractivity contribution is 0.895. The molecule has 21 heavy (non-hydrogen) atoms. The van der Waals surface area contributed by atoms with Gasteiger partial charge in [-0.1, -0.05) is 29.8 Å². The molecule has 3 aromatic rings. The van der Waals surface area contributed by atoms with E-state index >= 15 is 0 Å². The lowest BCUT2D eigenvalue weighted by atomic mass is 10.1. The molecule has 0 fully saturated rings. The van der Waals surface area contributed by atoms with Crippen LogP contribution in [0.3, 0.4) is 0 Å². The van der Waals surface area contributed by atoms with E-state index < -0.39 is 0 Å². The van der Waals surface area contributed by atoms with Gasteiger partial charge >= 0.3 is 0 Å². The number of aryl methyl sites for hydroxylation is 1. The number of rotatable bonds is 4. The SMILES string of the molecule is Cc1ccc(CNc2nc(N)nc(-n3ccnc3)n2)cc1. The number of benzene rings is 1. The van der Waals surface area contributed by atoms with E-state index in [4.69, 9.17) is 5.73 Å². The lowest BCUT2D eigenvalue weighted by Gasteiger charge is -2.07. The lowest BCUT2D eigenvalue weighted by Crippen LogP contribution is -2.10. The molecular weight excluding hydrogens is 266 g/mol. The number of nitrogens with one attached hydrogen (secondary N) is 1. The third kappa shape index (κ3) is 3.14. The Labute approximate surface area is 121 Å². The Bertz CT molecular complexity index is 720. The molecule has 2 aromatic heterocycles. The van der Waals surface area contributed by atoms with Gasteiger partial charge in [-0.2, -0.15) is 15.0 Å². The van der Waals surface area contributed by atoms with Crippen molar-refractivity contribution in [3.05, 3.63) is 54.1 Å². The second kappa shape index (κ2) is 5.58. The van der Waals surface area contributed by atoms with Crippen LogP contribution in [0.5, 0.6) is 0 Å². The zero-order valence-corrected chi connectivity index (χ0v) is 11.6. The van der Waals surface area contributed by atoms with E-state index in [9.17, 15) is 0 Å². The van der Waals surface area contributed by atoms with E-state index in [1.807, 2.05) is 0 Å². The van der Waals surface area contributed by atoms with Gasteiger partial charge in [-0.25, -0.2) is 4.98 Å². The first-order chi connectivity index (χ1) is 10.2. The summed E-state index contributed by atoms with van der Waals surface area (Å²) in [6, 6.07) is 8.25. The predicted molar refractivity (Wildman–Crippen MR) is 79.9 cm³/mol. The normalized spacial score (nSPS) is 10.5. The maximum absolute atomic E-state index is 5.72. The Balaban J connectivity index is 1.78.